The van der Waals surface area contributed by atoms with Crippen molar-refractivity contribution in [2.24, 2.45) is 0 Å². The van der Waals surface area contributed by atoms with Gasteiger partial charge in [0.05, 0.1) is 11.4 Å². The van der Waals surface area contributed by atoms with E-state index >= 15 is 0 Å². The third-order valence-electron chi connectivity index (χ3n) is 3.28. The van der Waals surface area contributed by atoms with Gasteiger partial charge in [-0.05, 0) is 24.1 Å². The van der Waals surface area contributed by atoms with Crippen LogP contribution in [0.25, 0.3) is 0 Å². The Morgan fingerprint density at radius 2 is 1.63 bits per heavy atom. The maximum absolute atomic E-state index is 6.11. The summed E-state index contributed by atoms with van der Waals surface area (Å²) in [6.45, 7) is 4.17. The number of hydrogen-bond donors (Lipinski definition) is 1. The molecule has 0 saturated heterocycles. The van der Waals surface area contributed by atoms with E-state index in [0.29, 0.717) is 0 Å². The van der Waals surface area contributed by atoms with Crippen LogP contribution in [-0.2, 0) is 6.54 Å². The summed E-state index contributed by atoms with van der Waals surface area (Å²) in [5.41, 5.74) is 9.42. The van der Waals surface area contributed by atoms with Crippen molar-refractivity contribution < 1.29 is 0 Å². The molecule has 0 aromatic heterocycles. The van der Waals surface area contributed by atoms with E-state index in [1.54, 1.807) is 0 Å². The first kappa shape index (κ1) is 13.5. The number of nitrogen functional groups attached to an aromatic ring is 1. The van der Waals surface area contributed by atoms with Crippen molar-refractivity contribution in [1.82, 2.24) is 0 Å². The monoisotopic (exact) mass is 254 g/mol. The number of rotatable bonds is 6. The van der Waals surface area contributed by atoms with Crippen LogP contribution in [0.4, 0.5) is 11.4 Å². The fraction of sp³-hybridized carbons (Fsp3) is 0.294. The molecule has 0 aliphatic rings. The van der Waals surface area contributed by atoms with Crippen molar-refractivity contribution in [3.63, 3.8) is 0 Å². The smallest absolute Gasteiger partial charge is 0.0602 e. The number of hydrogen-bond acceptors (Lipinski definition) is 2. The predicted octanol–water partition coefficient (Wildman–Crippen LogP) is 4.08. The second-order valence-electron chi connectivity index (χ2n) is 4.82. The van der Waals surface area contributed by atoms with Crippen molar-refractivity contribution in [2.75, 3.05) is 17.2 Å². The molecule has 0 radical (unpaired) electrons. The van der Waals surface area contributed by atoms with Crippen molar-refractivity contribution in [3.05, 3.63) is 60.2 Å². The Bertz CT molecular complexity index is 494. The first-order valence-corrected chi connectivity index (χ1v) is 6.94. The second-order valence-corrected chi connectivity index (χ2v) is 4.82. The SMILES string of the molecule is CCCCN(Cc1ccccc1)c1ccccc1N. The molecule has 2 rings (SSSR count). The standard InChI is InChI=1S/C17H22N2/c1-2-3-13-19(14-15-9-5-4-6-10-15)17-12-8-7-11-16(17)18/h4-12H,2-3,13-14,18H2,1H3. The van der Waals surface area contributed by atoms with Gasteiger partial charge in [-0.2, -0.15) is 0 Å². The van der Waals surface area contributed by atoms with Crippen LogP contribution in [0.15, 0.2) is 54.6 Å². The van der Waals surface area contributed by atoms with Crippen LogP contribution >= 0.6 is 0 Å². The molecule has 0 atom stereocenters. The van der Waals surface area contributed by atoms with Crippen LogP contribution < -0.4 is 10.6 Å². The summed E-state index contributed by atoms with van der Waals surface area (Å²) in [7, 11) is 0. The van der Waals surface area contributed by atoms with Crippen molar-refractivity contribution in [1.29, 1.82) is 0 Å². The van der Waals surface area contributed by atoms with Gasteiger partial charge in [0.15, 0.2) is 0 Å². The van der Waals surface area contributed by atoms with Gasteiger partial charge in [-0.3, -0.25) is 0 Å². The molecule has 19 heavy (non-hydrogen) atoms. The Kier molecular flexibility index (Phi) is 4.85. The van der Waals surface area contributed by atoms with E-state index in [4.69, 9.17) is 5.73 Å². The summed E-state index contributed by atoms with van der Waals surface area (Å²) < 4.78 is 0. The molecule has 0 aliphatic heterocycles. The summed E-state index contributed by atoms with van der Waals surface area (Å²) in [5, 5.41) is 0. The van der Waals surface area contributed by atoms with Crippen LogP contribution in [0, 0.1) is 0 Å². The molecule has 0 saturated carbocycles. The first-order valence-electron chi connectivity index (χ1n) is 6.94. The number of benzene rings is 2. The second kappa shape index (κ2) is 6.83. The largest absolute Gasteiger partial charge is 0.397 e. The van der Waals surface area contributed by atoms with E-state index < -0.39 is 0 Å². The van der Waals surface area contributed by atoms with Crippen LogP contribution in [0.3, 0.4) is 0 Å². The highest BCUT2D eigenvalue weighted by Gasteiger charge is 2.09. The Morgan fingerprint density at radius 3 is 2.32 bits per heavy atom. The van der Waals surface area contributed by atoms with Crippen molar-refractivity contribution in [3.8, 4) is 0 Å². The fourth-order valence-electron chi connectivity index (χ4n) is 2.21. The Labute approximate surface area is 115 Å². The molecule has 2 aromatic rings. The maximum atomic E-state index is 6.11. The average Bonchev–Trinajstić information content (AvgIpc) is 2.45. The number of nitrogens with zero attached hydrogens (tertiary/aromatic N) is 1. The lowest BCUT2D eigenvalue weighted by Gasteiger charge is -2.26. The van der Waals surface area contributed by atoms with Gasteiger partial charge in [-0.25, -0.2) is 0 Å². The molecule has 0 aliphatic carbocycles. The number of anilines is 2. The minimum atomic E-state index is 0.856. The number of nitrogens with two attached hydrogens (primary N) is 1. The normalized spacial score (nSPS) is 10.4. The van der Waals surface area contributed by atoms with Gasteiger partial charge in [-0.15, -0.1) is 0 Å². The molecule has 2 N–H and O–H groups in total. The van der Waals surface area contributed by atoms with E-state index in [9.17, 15) is 0 Å². The van der Waals surface area contributed by atoms with Crippen LogP contribution in [0.5, 0.6) is 0 Å². The lowest BCUT2D eigenvalue weighted by Crippen LogP contribution is -2.24. The molecular weight excluding hydrogens is 232 g/mol. The average molecular weight is 254 g/mol. The summed E-state index contributed by atoms with van der Waals surface area (Å²) in [6, 6.07) is 18.7. The quantitative estimate of drug-likeness (QED) is 0.787. The van der Waals surface area contributed by atoms with Gasteiger partial charge in [-0.1, -0.05) is 55.8 Å². The fourth-order valence-corrected chi connectivity index (χ4v) is 2.21. The molecule has 0 fully saturated rings. The highest BCUT2D eigenvalue weighted by Crippen LogP contribution is 2.24. The van der Waals surface area contributed by atoms with E-state index in [0.717, 1.165) is 24.5 Å². The maximum Gasteiger partial charge on any atom is 0.0602 e. The third-order valence-corrected chi connectivity index (χ3v) is 3.28. The zero-order valence-electron chi connectivity index (χ0n) is 11.5. The van der Waals surface area contributed by atoms with E-state index in [1.807, 2.05) is 12.1 Å². The Hall–Kier alpha value is -1.96. The number of para-hydroxylation sites is 2. The van der Waals surface area contributed by atoms with Crippen molar-refractivity contribution >= 4 is 11.4 Å². The predicted molar refractivity (Wildman–Crippen MR) is 83.3 cm³/mol. The molecular formula is C17H22N2. The molecule has 0 unspecified atom stereocenters. The van der Waals surface area contributed by atoms with Gasteiger partial charge in [0.25, 0.3) is 0 Å². The Balaban J connectivity index is 2.19. The zero-order valence-corrected chi connectivity index (χ0v) is 11.5. The minimum Gasteiger partial charge on any atom is -0.397 e. The van der Waals surface area contributed by atoms with Crippen LogP contribution in [0.2, 0.25) is 0 Å². The lowest BCUT2D eigenvalue weighted by molar-refractivity contribution is 0.717. The van der Waals surface area contributed by atoms with Crippen LogP contribution in [0.1, 0.15) is 25.3 Å². The highest BCUT2D eigenvalue weighted by atomic mass is 15.1. The molecule has 2 heteroatoms. The van der Waals surface area contributed by atoms with Crippen LogP contribution in [-0.4, -0.2) is 6.54 Å². The van der Waals surface area contributed by atoms with E-state index in [2.05, 4.69) is 54.3 Å². The molecule has 2 aromatic carbocycles. The van der Waals surface area contributed by atoms with Crippen molar-refractivity contribution in [2.45, 2.75) is 26.3 Å². The summed E-state index contributed by atoms with van der Waals surface area (Å²) in [4.78, 5) is 2.37. The molecule has 2 nitrogen and oxygen atoms in total. The lowest BCUT2D eigenvalue weighted by atomic mass is 10.1. The van der Waals surface area contributed by atoms with E-state index in [1.165, 1.54) is 18.4 Å². The third kappa shape index (κ3) is 3.75. The van der Waals surface area contributed by atoms with E-state index in [-0.39, 0.29) is 0 Å². The first-order chi connectivity index (χ1) is 9.31. The van der Waals surface area contributed by atoms with Gasteiger partial charge in [0, 0.05) is 13.1 Å². The highest BCUT2D eigenvalue weighted by molar-refractivity contribution is 5.67. The Morgan fingerprint density at radius 1 is 0.947 bits per heavy atom. The summed E-state index contributed by atoms with van der Waals surface area (Å²) >= 11 is 0. The molecule has 0 bridgehead atoms. The topological polar surface area (TPSA) is 29.3 Å². The van der Waals surface area contributed by atoms with Gasteiger partial charge >= 0.3 is 0 Å². The summed E-state index contributed by atoms with van der Waals surface area (Å²) in [6.07, 6.45) is 2.37. The zero-order chi connectivity index (χ0) is 13.5. The number of unbranched alkanes of at least 4 members (excludes halogenated alkanes) is 1. The molecule has 0 amide bonds. The van der Waals surface area contributed by atoms with Gasteiger partial charge in [0.1, 0.15) is 0 Å². The summed E-state index contributed by atoms with van der Waals surface area (Å²) in [5.74, 6) is 0. The molecule has 0 heterocycles. The van der Waals surface area contributed by atoms with Gasteiger partial charge < -0.3 is 10.6 Å². The van der Waals surface area contributed by atoms with Gasteiger partial charge in [0.2, 0.25) is 0 Å². The molecule has 0 spiro atoms. The molecule has 100 valence electrons. The minimum absolute atomic E-state index is 0.856.